The van der Waals surface area contributed by atoms with E-state index in [1.54, 1.807) is 0 Å². The summed E-state index contributed by atoms with van der Waals surface area (Å²) in [4.78, 5) is 2.46. The van der Waals surface area contributed by atoms with Gasteiger partial charge in [-0.25, -0.2) is 11.5 Å². The molecule has 0 bridgehead atoms. The van der Waals surface area contributed by atoms with Gasteiger partial charge >= 0.3 is 0 Å². The van der Waals surface area contributed by atoms with Crippen molar-refractivity contribution in [1.29, 1.82) is 0 Å². The van der Waals surface area contributed by atoms with E-state index in [2.05, 4.69) is 32.6 Å². The zero-order chi connectivity index (χ0) is 8.85. The molecule has 0 aromatic carbocycles. The van der Waals surface area contributed by atoms with Crippen molar-refractivity contribution in [1.82, 2.24) is 4.90 Å². The summed E-state index contributed by atoms with van der Waals surface area (Å²) in [5, 5.41) is 0. The lowest BCUT2D eigenvalue weighted by atomic mass is 10.0. The molecule has 0 saturated carbocycles. The maximum Gasteiger partial charge on any atom is 0.234 e. The van der Waals surface area contributed by atoms with Crippen LogP contribution in [0.2, 0.25) is 6.32 Å². The fraction of sp³-hybridized carbons (Fsp3) is 1.00. The summed E-state index contributed by atoms with van der Waals surface area (Å²) in [5.41, 5.74) is 0. The molecule has 0 rings (SSSR count). The Hall–Kier alpha value is 0.315. The standard InChI is InChI=1S/C8H19BClN/c1-7(2)11(8(3)4)6-5-9-10/h7-9H,5-6H2,1-4H3. The van der Waals surface area contributed by atoms with Gasteiger partial charge in [0.05, 0.1) is 0 Å². The molecular weight excluding hydrogens is 156 g/mol. The largest absolute Gasteiger partial charge is 0.299 e. The highest BCUT2D eigenvalue weighted by molar-refractivity contribution is 6.93. The van der Waals surface area contributed by atoms with Crippen molar-refractivity contribution in [3.8, 4) is 0 Å². The Morgan fingerprint density at radius 2 is 1.64 bits per heavy atom. The molecule has 0 aromatic rings. The molecule has 0 heterocycles. The van der Waals surface area contributed by atoms with E-state index in [0.717, 1.165) is 19.6 Å². The second-order valence-corrected chi connectivity index (χ2v) is 3.85. The Labute approximate surface area is 76.3 Å². The number of hydrogen-bond donors (Lipinski definition) is 0. The van der Waals surface area contributed by atoms with Gasteiger partial charge in [-0.3, -0.25) is 4.90 Å². The zero-order valence-electron chi connectivity index (χ0n) is 8.10. The van der Waals surface area contributed by atoms with Gasteiger partial charge in [-0.1, -0.05) is 0 Å². The van der Waals surface area contributed by atoms with E-state index in [1.165, 1.54) is 0 Å². The van der Waals surface area contributed by atoms with E-state index in [0.29, 0.717) is 12.1 Å². The highest BCUT2D eigenvalue weighted by Gasteiger charge is 2.11. The first kappa shape index (κ1) is 11.3. The lowest BCUT2D eigenvalue weighted by Gasteiger charge is -2.30. The van der Waals surface area contributed by atoms with Gasteiger partial charge in [-0.05, 0) is 40.6 Å². The molecule has 1 nitrogen and oxygen atoms in total. The predicted octanol–water partition coefficient (Wildman–Crippen LogP) is 2.11. The van der Waals surface area contributed by atoms with Crippen LogP contribution < -0.4 is 0 Å². The van der Waals surface area contributed by atoms with Crippen LogP contribution in [0.4, 0.5) is 0 Å². The van der Waals surface area contributed by atoms with Crippen molar-refractivity contribution < 1.29 is 0 Å². The van der Waals surface area contributed by atoms with Crippen molar-refractivity contribution in [2.45, 2.75) is 46.1 Å². The second-order valence-electron chi connectivity index (χ2n) is 3.47. The van der Waals surface area contributed by atoms with Crippen LogP contribution in [0, 0.1) is 0 Å². The van der Waals surface area contributed by atoms with Gasteiger partial charge in [-0.2, -0.15) is 0 Å². The van der Waals surface area contributed by atoms with Crippen molar-refractivity contribution in [3.63, 3.8) is 0 Å². The van der Waals surface area contributed by atoms with Gasteiger partial charge in [0.2, 0.25) is 6.69 Å². The Bertz CT molecular complexity index is 88.1. The Morgan fingerprint density at radius 3 is 1.91 bits per heavy atom. The molecular formula is C8H19BClN. The molecule has 66 valence electrons. The quantitative estimate of drug-likeness (QED) is 0.579. The Morgan fingerprint density at radius 1 is 1.18 bits per heavy atom. The summed E-state index contributed by atoms with van der Waals surface area (Å²) >= 11 is 5.63. The second kappa shape index (κ2) is 5.90. The SMILES string of the molecule is CC(C)N(CCBCl)C(C)C. The van der Waals surface area contributed by atoms with Crippen LogP contribution in [0.25, 0.3) is 0 Å². The molecule has 0 aliphatic heterocycles. The number of halogens is 1. The first-order valence-corrected chi connectivity index (χ1v) is 4.94. The third kappa shape index (κ3) is 4.70. The summed E-state index contributed by atoms with van der Waals surface area (Å²) in [6, 6.07) is 1.27. The third-order valence-corrected chi connectivity index (χ3v) is 2.14. The number of nitrogens with zero attached hydrogens (tertiary/aromatic N) is 1. The van der Waals surface area contributed by atoms with Gasteiger partial charge in [0.25, 0.3) is 0 Å². The topological polar surface area (TPSA) is 3.24 Å². The average Bonchev–Trinajstić information content (AvgIpc) is 1.87. The van der Waals surface area contributed by atoms with Crippen LogP contribution in [-0.4, -0.2) is 30.2 Å². The van der Waals surface area contributed by atoms with Crippen LogP contribution in [0.5, 0.6) is 0 Å². The van der Waals surface area contributed by atoms with Crippen molar-refractivity contribution in [2.24, 2.45) is 0 Å². The molecule has 0 amide bonds. The average molecular weight is 176 g/mol. The molecule has 0 atom stereocenters. The molecule has 0 N–H and O–H groups in total. The predicted molar refractivity (Wildman–Crippen MR) is 54.8 cm³/mol. The smallest absolute Gasteiger partial charge is 0.234 e. The third-order valence-electron chi connectivity index (χ3n) is 1.88. The molecule has 0 aliphatic rings. The van der Waals surface area contributed by atoms with E-state index in [1.807, 2.05) is 0 Å². The van der Waals surface area contributed by atoms with Crippen LogP contribution in [0.3, 0.4) is 0 Å². The summed E-state index contributed by atoms with van der Waals surface area (Å²) in [6.45, 7) is 10.8. The molecule has 0 spiro atoms. The lowest BCUT2D eigenvalue weighted by Crippen LogP contribution is -2.37. The lowest BCUT2D eigenvalue weighted by molar-refractivity contribution is 0.185. The Balaban J connectivity index is 3.70. The maximum absolute atomic E-state index is 5.63. The van der Waals surface area contributed by atoms with Crippen molar-refractivity contribution in [3.05, 3.63) is 0 Å². The molecule has 3 heteroatoms. The molecule has 0 saturated heterocycles. The van der Waals surface area contributed by atoms with E-state index in [9.17, 15) is 0 Å². The Kier molecular flexibility index (Phi) is 6.07. The fourth-order valence-corrected chi connectivity index (χ4v) is 1.47. The van der Waals surface area contributed by atoms with E-state index in [-0.39, 0.29) is 0 Å². The van der Waals surface area contributed by atoms with E-state index in [4.69, 9.17) is 11.5 Å². The minimum atomic E-state index is 0.637. The van der Waals surface area contributed by atoms with Crippen molar-refractivity contribution in [2.75, 3.05) is 6.54 Å². The zero-order valence-corrected chi connectivity index (χ0v) is 8.86. The molecule has 11 heavy (non-hydrogen) atoms. The van der Waals surface area contributed by atoms with E-state index >= 15 is 0 Å². The first-order chi connectivity index (χ1) is 5.09. The van der Waals surface area contributed by atoms with Crippen molar-refractivity contribution >= 4 is 18.2 Å². The molecule has 0 fully saturated rings. The van der Waals surface area contributed by atoms with Crippen LogP contribution in [0.15, 0.2) is 0 Å². The summed E-state index contributed by atoms with van der Waals surface area (Å²) in [6.07, 6.45) is 1.10. The van der Waals surface area contributed by atoms with Gasteiger partial charge in [0.15, 0.2) is 0 Å². The summed E-state index contributed by atoms with van der Waals surface area (Å²) in [7, 11) is 0. The number of hydrogen-bond acceptors (Lipinski definition) is 1. The molecule has 0 aromatic heterocycles. The van der Waals surface area contributed by atoms with Gasteiger partial charge < -0.3 is 0 Å². The highest BCUT2D eigenvalue weighted by Crippen LogP contribution is 2.05. The molecule has 0 unspecified atom stereocenters. The van der Waals surface area contributed by atoms with E-state index < -0.39 is 0 Å². The summed E-state index contributed by atoms with van der Waals surface area (Å²) in [5.74, 6) is 0. The van der Waals surface area contributed by atoms with Gasteiger partial charge in [-0.15, -0.1) is 0 Å². The fourth-order valence-electron chi connectivity index (χ4n) is 1.36. The monoisotopic (exact) mass is 175 g/mol. The van der Waals surface area contributed by atoms with Gasteiger partial charge in [0.1, 0.15) is 0 Å². The summed E-state index contributed by atoms with van der Waals surface area (Å²) < 4.78 is 0. The van der Waals surface area contributed by atoms with Crippen LogP contribution >= 0.6 is 11.5 Å². The van der Waals surface area contributed by atoms with Crippen LogP contribution in [0.1, 0.15) is 27.7 Å². The molecule has 0 radical (unpaired) electrons. The highest BCUT2D eigenvalue weighted by atomic mass is 35.5. The van der Waals surface area contributed by atoms with Crippen LogP contribution in [-0.2, 0) is 0 Å². The molecule has 0 aliphatic carbocycles. The van der Waals surface area contributed by atoms with Gasteiger partial charge in [0, 0.05) is 12.1 Å². The maximum atomic E-state index is 5.63. The normalized spacial score (nSPS) is 11.6. The first-order valence-electron chi connectivity index (χ1n) is 4.41. The minimum Gasteiger partial charge on any atom is -0.299 e. The minimum absolute atomic E-state index is 0.637. The number of rotatable bonds is 5.